The number of nitrogens with zero attached hydrogens (tertiary/aromatic N) is 2. The van der Waals surface area contributed by atoms with Crippen LogP contribution in [0.3, 0.4) is 0 Å². The van der Waals surface area contributed by atoms with E-state index in [1.165, 1.54) is 51.4 Å². The fourth-order valence-electron chi connectivity index (χ4n) is 2.32. The normalized spacial score (nSPS) is 12.4. The van der Waals surface area contributed by atoms with Crippen LogP contribution in [-0.2, 0) is 0 Å². The predicted molar refractivity (Wildman–Crippen MR) is 82.6 cm³/mol. The zero-order chi connectivity index (χ0) is 13.9. The summed E-state index contributed by atoms with van der Waals surface area (Å²) in [5.74, 6) is 1.26. The molecule has 1 N–H and O–H groups in total. The van der Waals surface area contributed by atoms with Crippen molar-refractivity contribution in [3.05, 3.63) is 18.0 Å². The Balaban J connectivity index is 2.18. The minimum atomic E-state index is 0.533. The van der Waals surface area contributed by atoms with Crippen LogP contribution < -0.4 is 5.32 Å². The molecule has 0 aromatic carbocycles. The molecular weight excluding hydrogens is 234 g/mol. The largest absolute Gasteiger partial charge is 0.357 e. The zero-order valence-electron chi connectivity index (χ0n) is 12.8. The second-order valence-electron chi connectivity index (χ2n) is 5.37. The summed E-state index contributed by atoms with van der Waals surface area (Å²) in [7, 11) is 1.86. The van der Waals surface area contributed by atoms with Crippen molar-refractivity contribution in [3.63, 3.8) is 0 Å². The van der Waals surface area contributed by atoms with E-state index in [1.807, 2.05) is 19.3 Å². The van der Waals surface area contributed by atoms with E-state index in [9.17, 15) is 0 Å². The molecule has 0 saturated carbocycles. The standard InChI is InChI=1S/C16H29N3/c1-4-5-6-7-8-9-10-11-14(2)15-12-13-18-16(17-3)19-15/h12-14H,4-11H2,1-3H3,(H,17,18,19). The van der Waals surface area contributed by atoms with E-state index < -0.39 is 0 Å². The van der Waals surface area contributed by atoms with Gasteiger partial charge in [0.2, 0.25) is 5.95 Å². The van der Waals surface area contributed by atoms with Gasteiger partial charge in [-0.2, -0.15) is 0 Å². The topological polar surface area (TPSA) is 37.8 Å². The summed E-state index contributed by atoms with van der Waals surface area (Å²) < 4.78 is 0. The smallest absolute Gasteiger partial charge is 0.222 e. The van der Waals surface area contributed by atoms with Crippen LogP contribution >= 0.6 is 0 Å². The third kappa shape index (κ3) is 6.55. The quantitative estimate of drug-likeness (QED) is 0.618. The Morgan fingerprint density at radius 3 is 2.47 bits per heavy atom. The molecule has 1 aromatic rings. The Kier molecular flexibility index (Phi) is 8.19. The molecule has 3 nitrogen and oxygen atoms in total. The number of nitrogens with one attached hydrogen (secondary N) is 1. The SMILES string of the molecule is CCCCCCCCCC(C)c1ccnc(NC)n1. The first-order chi connectivity index (χ1) is 9.27. The maximum atomic E-state index is 4.51. The fraction of sp³-hybridized carbons (Fsp3) is 0.750. The summed E-state index contributed by atoms with van der Waals surface area (Å²) >= 11 is 0. The number of anilines is 1. The van der Waals surface area contributed by atoms with Gasteiger partial charge in [0, 0.05) is 18.9 Å². The van der Waals surface area contributed by atoms with E-state index in [-0.39, 0.29) is 0 Å². The van der Waals surface area contributed by atoms with Gasteiger partial charge in [0.25, 0.3) is 0 Å². The maximum absolute atomic E-state index is 4.51. The molecule has 3 heteroatoms. The molecule has 0 bridgehead atoms. The molecule has 0 aliphatic rings. The average Bonchev–Trinajstić information content (AvgIpc) is 2.46. The van der Waals surface area contributed by atoms with Crippen LogP contribution in [0.2, 0.25) is 0 Å². The first-order valence-electron chi connectivity index (χ1n) is 7.78. The van der Waals surface area contributed by atoms with E-state index in [0.717, 1.165) is 11.6 Å². The molecule has 0 radical (unpaired) electrons. The molecule has 1 heterocycles. The summed E-state index contributed by atoms with van der Waals surface area (Å²) in [4.78, 5) is 8.66. The van der Waals surface area contributed by atoms with Crippen LogP contribution in [0.1, 0.15) is 76.8 Å². The van der Waals surface area contributed by atoms with Gasteiger partial charge in [-0.1, -0.05) is 58.8 Å². The van der Waals surface area contributed by atoms with Gasteiger partial charge in [-0.05, 0) is 18.4 Å². The van der Waals surface area contributed by atoms with Crippen LogP contribution in [0, 0.1) is 0 Å². The van der Waals surface area contributed by atoms with Crippen LogP contribution in [0.15, 0.2) is 12.3 Å². The lowest BCUT2D eigenvalue weighted by atomic mass is 9.99. The van der Waals surface area contributed by atoms with Crippen LogP contribution in [-0.4, -0.2) is 17.0 Å². The van der Waals surface area contributed by atoms with Gasteiger partial charge in [-0.25, -0.2) is 9.97 Å². The Hall–Kier alpha value is -1.12. The Morgan fingerprint density at radius 2 is 1.79 bits per heavy atom. The van der Waals surface area contributed by atoms with Crippen molar-refractivity contribution in [2.24, 2.45) is 0 Å². The molecule has 19 heavy (non-hydrogen) atoms. The number of hydrogen-bond donors (Lipinski definition) is 1. The number of unbranched alkanes of at least 4 members (excludes halogenated alkanes) is 6. The summed E-state index contributed by atoms with van der Waals surface area (Å²) in [6.07, 6.45) is 12.7. The molecule has 0 amide bonds. The van der Waals surface area contributed by atoms with Gasteiger partial charge < -0.3 is 5.32 Å². The Bertz CT molecular complexity index is 339. The maximum Gasteiger partial charge on any atom is 0.222 e. The molecule has 1 atom stereocenters. The minimum Gasteiger partial charge on any atom is -0.357 e. The lowest BCUT2D eigenvalue weighted by Gasteiger charge is -2.11. The van der Waals surface area contributed by atoms with Crippen molar-refractivity contribution < 1.29 is 0 Å². The number of hydrogen-bond acceptors (Lipinski definition) is 3. The molecule has 0 aliphatic carbocycles. The second kappa shape index (κ2) is 9.76. The molecular formula is C16H29N3. The van der Waals surface area contributed by atoms with Gasteiger partial charge in [0.15, 0.2) is 0 Å². The lowest BCUT2D eigenvalue weighted by Crippen LogP contribution is -2.02. The van der Waals surface area contributed by atoms with Gasteiger partial charge in [0.05, 0.1) is 0 Å². The van der Waals surface area contributed by atoms with E-state index in [0.29, 0.717) is 5.92 Å². The summed E-state index contributed by atoms with van der Waals surface area (Å²) in [5.41, 5.74) is 1.16. The number of aromatic nitrogens is 2. The van der Waals surface area contributed by atoms with E-state index >= 15 is 0 Å². The van der Waals surface area contributed by atoms with Crippen molar-refractivity contribution >= 4 is 5.95 Å². The highest BCUT2D eigenvalue weighted by Crippen LogP contribution is 2.21. The first kappa shape index (κ1) is 15.9. The van der Waals surface area contributed by atoms with Crippen molar-refractivity contribution in [3.8, 4) is 0 Å². The van der Waals surface area contributed by atoms with E-state index in [1.54, 1.807) is 0 Å². The lowest BCUT2D eigenvalue weighted by molar-refractivity contribution is 0.544. The summed E-state index contributed by atoms with van der Waals surface area (Å²) in [6, 6.07) is 2.03. The highest BCUT2D eigenvalue weighted by atomic mass is 15.1. The van der Waals surface area contributed by atoms with Gasteiger partial charge in [-0.3, -0.25) is 0 Å². The van der Waals surface area contributed by atoms with Crippen LogP contribution in [0.25, 0.3) is 0 Å². The second-order valence-corrected chi connectivity index (χ2v) is 5.37. The molecule has 1 rings (SSSR count). The van der Waals surface area contributed by atoms with Crippen molar-refractivity contribution in [1.82, 2.24) is 9.97 Å². The van der Waals surface area contributed by atoms with E-state index in [4.69, 9.17) is 0 Å². The van der Waals surface area contributed by atoms with Crippen molar-refractivity contribution in [2.45, 2.75) is 71.1 Å². The third-order valence-corrected chi connectivity index (χ3v) is 3.65. The minimum absolute atomic E-state index is 0.533. The monoisotopic (exact) mass is 263 g/mol. The molecule has 0 fully saturated rings. The average molecular weight is 263 g/mol. The van der Waals surface area contributed by atoms with Gasteiger partial charge >= 0.3 is 0 Å². The molecule has 0 spiro atoms. The van der Waals surface area contributed by atoms with Gasteiger partial charge in [-0.15, -0.1) is 0 Å². The molecule has 1 aromatic heterocycles. The number of rotatable bonds is 10. The molecule has 1 unspecified atom stereocenters. The Morgan fingerprint density at radius 1 is 1.11 bits per heavy atom. The highest BCUT2D eigenvalue weighted by Gasteiger charge is 2.07. The summed E-state index contributed by atoms with van der Waals surface area (Å²) in [6.45, 7) is 4.53. The Labute approximate surface area is 118 Å². The van der Waals surface area contributed by atoms with Crippen molar-refractivity contribution in [1.29, 1.82) is 0 Å². The summed E-state index contributed by atoms with van der Waals surface area (Å²) in [5, 5.41) is 3.00. The van der Waals surface area contributed by atoms with Crippen LogP contribution in [0.5, 0.6) is 0 Å². The molecule has 0 saturated heterocycles. The molecule has 108 valence electrons. The fourth-order valence-corrected chi connectivity index (χ4v) is 2.32. The zero-order valence-corrected chi connectivity index (χ0v) is 12.8. The first-order valence-corrected chi connectivity index (χ1v) is 7.78. The third-order valence-electron chi connectivity index (χ3n) is 3.65. The van der Waals surface area contributed by atoms with Crippen molar-refractivity contribution in [2.75, 3.05) is 12.4 Å². The highest BCUT2D eigenvalue weighted by molar-refractivity contribution is 5.24. The molecule has 0 aliphatic heterocycles. The van der Waals surface area contributed by atoms with Gasteiger partial charge in [0.1, 0.15) is 0 Å². The van der Waals surface area contributed by atoms with Crippen LogP contribution in [0.4, 0.5) is 5.95 Å². The van der Waals surface area contributed by atoms with E-state index in [2.05, 4.69) is 29.1 Å². The predicted octanol–water partition coefficient (Wildman–Crippen LogP) is 4.76.